The molecule has 2 saturated heterocycles. The van der Waals surface area contributed by atoms with Gasteiger partial charge >= 0.3 is 0 Å². The molecule has 8 nitrogen and oxygen atoms in total. The molecule has 39 heavy (non-hydrogen) atoms. The summed E-state index contributed by atoms with van der Waals surface area (Å²) in [5, 5.41) is 10.6. The molecule has 4 aliphatic heterocycles. The molecule has 5 rings (SSSR count). The predicted molar refractivity (Wildman–Crippen MR) is 147 cm³/mol. The van der Waals surface area contributed by atoms with E-state index in [4.69, 9.17) is 4.74 Å². The molecule has 2 fully saturated rings. The average molecular weight is 536 g/mol. The molecule has 0 aromatic heterocycles. The Hall–Kier alpha value is -2.97. The topological polar surface area (TPSA) is 90.4 Å². The van der Waals surface area contributed by atoms with Crippen LogP contribution in [0.25, 0.3) is 0 Å². The number of likely N-dealkylation sites (tertiary alicyclic amines) is 1. The Morgan fingerprint density at radius 1 is 0.897 bits per heavy atom. The van der Waals surface area contributed by atoms with Gasteiger partial charge in [0.25, 0.3) is 0 Å². The second-order valence-corrected chi connectivity index (χ2v) is 11.4. The smallest absolute Gasteiger partial charge is 0.249 e. The first-order chi connectivity index (χ1) is 18.8. The van der Waals surface area contributed by atoms with E-state index in [1.807, 2.05) is 68.5 Å². The summed E-state index contributed by atoms with van der Waals surface area (Å²) in [4.78, 5) is 48.2. The van der Waals surface area contributed by atoms with Crippen LogP contribution in [0.2, 0.25) is 0 Å². The zero-order valence-corrected chi connectivity index (χ0v) is 23.3. The van der Waals surface area contributed by atoms with Gasteiger partial charge in [-0.3, -0.25) is 14.4 Å². The molecule has 0 radical (unpaired) electrons. The molecule has 0 saturated carbocycles. The fraction of sp³-hybridized carbons (Fsp3) is 0.581. The molecule has 0 aliphatic carbocycles. The Kier molecular flexibility index (Phi) is 7.71. The number of carbonyl (C=O) groups excluding carboxylic acids is 3. The fourth-order valence-electron chi connectivity index (χ4n) is 7.15. The number of hydrogen-bond donors (Lipinski definition) is 1. The highest BCUT2D eigenvalue weighted by Crippen LogP contribution is 2.58. The molecule has 3 amide bonds. The van der Waals surface area contributed by atoms with Gasteiger partial charge < -0.3 is 24.5 Å². The number of unbranched alkanes of at least 4 members (excludes halogenated alkanes) is 2. The quantitative estimate of drug-likeness (QED) is 0.388. The van der Waals surface area contributed by atoms with Crippen molar-refractivity contribution in [3.63, 3.8) is 0 Å². The molecule has 4 heterocycles. The molecule has 1 unspecified atom stereocenters. The number of benzene rings is 1. The van der Waals surface area contributed by atoms with Crippen LogP contribution in [0.15, 0.2) is 54.6 Å². The Morgan fingerprint density at radius 3 is 2.26 bits per heavy atom. The highest BCUT2D eigenvalue weighted by Gasteiger charge is 2.75. The molecule has 210 valence electrons. The maximum atomic E-state index is 14.6. The number of aliphatic hydroxyl groups excluding tert-OH is 1. The van der Waals surface area contributed by atoms with Gasteiger partial charge in [0.2, 0.25) is 17.7 Å². The van der Waals surface area contributed by atoms with Crippen LogP contribution in [0.3, 0.4) is 0 Å². The van der Waals surface area contributed by atoms with Crippen molar-refractivity contribution in [1.29, 1.82) is 0 Å². The predicted octanol–water partition coefficient (Wildman–Crippen LogP) is 3.09. The number of rotatable bonds is 9. The van der Waals surface area contributed by atoms with Crippen molar-refractivity contribution >= 4 is 17.7 Å². The van der Waals surface area contributed by atoms with E-state index in [9.17, 15) is 19.5 Å². The summed E-state index contributed by atoms with van der Waals surface area (Å²) in [6.45, 7) is 7.71. The van der Waals surface area contributed by atoms with Gasteiger partial charge in [0.05, 0.1) is 30.1 Å². The summed E-state index contributed by atoms with van der Waals surface area (Å²) in [6.07, 6.45) is 11.4. The van der Waals surface area contributed by atoms with Crippen LogP contribution >= 0.6 is 0 Å². The van der Waals surface area contributed by atoms with E-state index in [2.05, 4.69) is 6.92 Å². The third kappa shape index (κ3) is 4.42. The zero-order valence-electron chi connectivity index (χ0n) is 23.3. The van der Waals surface area contributed by atoms with Crippen LogP contribution in [0, 0.1) is 11.8 Å². The number of ether oxygens (including phenoxy) is 1. The minimum absolute atomic E-state index is 0.120. The van der Waals surface area contributed by atoms with Crippen molar-refractivity contribution < 1.29 is 24.2 Å². The molecule has 4 aliphatic rings. The van der Waals surface area contributed by atoms with Crippen LogP contribution in [0.1, 0.15) is 58.1 Å². The third-order valence-corrected chi connectivity index (χ3v) is 8.88. The van der Waals surface area contributed by atoms with E-state index >= 15 is 0 Å². The molecule has 1 aromatic carbocycles. The van der Waals surface area contributed by atoms with E-state index in [0.717, 1.165) is 31.2 Å². The number of carbonyl (C=O) groups is 3. The lowest BCUT2D eigenvalue weighted by atomic mass is 9.74. The van der Waals surface area contributed by atoms with Gasteiger partial charge in [0, 0.05) is 26.2 Å². The van der Waals surface area contributed by atoms with Gasteiger partial charge in [-0.05, 0) is 25.3 Å². The Balaban J connectivity index is 1.65. The Labute approximate surface area is 231 Å². The van der Waals surface area contributed by atoms with Gasteiger partial charge in [0.1, 0.15) is 11.6 Å². The maximum Gasteiger partial charge on any atom is 0.249 e. The lowest BCUT2D eigenvalue weighted by Crippen LogP contribution is -2.57. The summed E-state index contributed by atoms with van der Waals surface area (Å²) in [6, 6.07) is 7.59. The van der Waals surface area contributed by atoms with Gasteiger partial charge in [0.15, 0.2) is 0 Å². The highest BCUT2D eigenvalue weighted by atomic mass is 16.5. The van der Waals surface area contributed by atoms with Crippen LogP contribution in [-0.2, 0) is 19.1 Å². The third-order valence-electron chi connectivity index (χ3n) is 8.88. The molecule has 1 N–H and O–H groups in total. The van der Waals surface area contributed by atoms with Gasteiger partial charge in [-0.15, -0.1) is 0 Å². The van der Waals surface area contributed by atoms with Crippen molar-refractivity contribution in [3.05, 3.63) is 60.2 Å². The standard InChI is InChI=1S/C31H41N3O5/c1-4-6-10-18-33-20-12-16-31-25(24-27(36)32(17-5-2)19-11-15-30(24,3)39-31)28(37)34(26(31)29(33)38)23(21-35)22-13-8-7-9-14-22/h7-9,11-16,23-26,35H,4-6,10,17-21H2,1-3H3/t23-,24+,25+,26?,30-,31+/m1/s1. The van der Waals surface area contributed by atoms with Gasteiger partial charge in [-0.25, -0.2) is 0 Å². The Morgan fingerprint density at radius 2 is 1.59 bits per heavy atom. The van der Waals surface area contributed by atoms with Crippen molar-refractivity contribution in [2.45, 2.75) is 69.7 Å². The number of amides is 3. The molecule has 1 aromatic rings. The van der Waals surface area contributed by atoms with E-state index < -0.39 is 35.1 Å². The molecular weight excluding hydrogens is 494 g/mol. The van der Waals surface area contributed by atoms with Crippen LogP contribution in [0.5, 0.6) is 0 Å². The van der Waals surface area contributed by atoms with Crippen molar-refractivity contribution in [2.24, 2.45) is 11.8 Å². The maximum absolute atomic E-state index is 14.6. The summed E-state index contributed by atoms with van der Waals surface area (Å²) in [5.74, 6) is -2.28. The fourth-order valence-corrected chi connectivity index (χ4v) is 7.15. The monoisotopic (exact) mass is 535 g/mol. The SMILES string of the molecule is CCCCCN1CC=C[C@]23O[C@]4(C)C=CCN(CCC)C(=O)[C@@H]4[C@H]2C(=O)N([C@H](CO)c2ccccc2)C3C1=O. The lowest BCUT2D eigenvalue weighted by molar-refractivity contribution is -0.156. The number of nitrogens with zero attached hydrogens (tertiary/aromatic N) is 3. The first-order valence-corrected chi connectivity index (χ1v) is 14.4. The summed E-state index contributed by atoms with van der Waals surface area (Å²) >= 11 is 0. The van der Waals surface area contributed by atoms with E-state index in [1.54, 1.807) is 9.80 Å². The largest absolute Gasteiger partial charge is 0.394 e. The second kappa shape index (κ2) is 10.9. The zero-order chi connectivity index (χ0) is 27.8. The van der Waals surface area contributed by atoms with E-state index in [0.29, 0.717) is 26.2 Å². The highest BCUT2D eigenvalue weighted by molar-refractivity contribution is 6.00. The summed E-state index contributed by atoms with van der Waals surface area (Å²) in [5.41, 5.74) is -1.61. The van der Waals surface area contributed by atoms with Crippen molar-refractivity contribution in [1.82, 2.24) is 14.7 Å². The van der Waals surface area contributed by atoms with Gasteiger partial charge in [-0.2, -0.15) is 0 Å². The minimum Gasteiger partial charge on any atom is -0.394 e. The molecule has 1 spiro atoms. The van der Waals surface area contributed by atoms with Gasteiger partial charge in [-0.1, -0.05) is 81.3 Å². The molecule has 6 atom stereocenters. The first kappa shape index (κ1) is 27.6. The van der Waals surface area contributed by atoms with Crippen molar-refractivity contribution in [3.8, 4) is 0 Å². The number of hydrogen-bond acceptors (Lipinski definition) is 5. The van der Waals surface area contributed by atoms with E-state index in [-0.39, 0.29) is 24.3 Å². The van der Waals surface area contributed by atoms with Crippen molar-refractivity contribution in [2.75, 3.05) is 32.8 Å². The minimum atomic E-state index is -1.31. The lowest BCUT2D eigenvalue weighted by Gasteiger charge is -2.40. The summed E-state index contributed by atoms with van der Waals surface area (Å²) in [7, 11) is 0. The summed E-state index contributed by atoms with van der Waals surface area (Å²) < 4.78 is 6.89. The molecule has 8 heteroatoms. The molecular formula is C31H41N3O5. The number of fused-ring (bicyclic) bond motifs is 2. The second-order valence-electron chi connectivity index (χ2n) is 11.4. The van der Waals surface area contributed by atoms with Crippen LogP contribution in [-0.4, -0.2) is 87.6 Å². The first-order valence-electron chi connectivity index (χ1n) is 14.4. The van der Waals surface area contributed by atoms with Crippen LogP contribution < -0.4 is 0 Å². The normalized spacial score (nSPS) is 32.7. The average Bonchev–Trinajstić information content (AvgIpc) is 3.20. The Bertz CT molecular complexity index is 1150. The number of aliphatic hydroxyl groups is 1. The van der Waals surface area contributed by atoms with E-state index in [1.165, 1.54) is 4.90 Å². The molecule has 0 bridgehead atoms. The van der Waals surface area contributed by atoms with Crippen LogP contribution in [0.4, 0.5) is 0 Å².